The van der Waals surface area contributed by atoms with Crippen molar-refractivity contribution < 1.29 is 22.9 Å². The van der Waals surface area contributed by atoms with Crippen molar-refractivity contribution in [2.45, 2.75) is 11.8 Å². The van der Waals surface area contributed by atoms with Gasteiger partial charge in [-0.15, -0.1) is 4.83 Å². The van der Waals surface area contributed by atoms with Gasteiger partial charge in [0.05, 0.1) is 22.0 Å². The third-order valence-electron chi connectivity index (χ3n) is 3.45. The minimum Gasteiger partial charge on any atom is -0.497 e. The molecule has 0 radical (unpaired) electrons. The summed E-state index contributed by atoms with van der Waals surface area (Å²) >= 11 is 5.86. The number of amides is 1. The average molecular weight is 400 g/mol. The number of hydrogen-bond donors (Lipinski definition) is 2. The summed E-state index contributed by atoms with van der Waals surface area (Å²) in [6.07, 6.45) is 0. The predicted octanol–water partition coefficient (Wildman–Crippen LogP) is 2.19. The SMILES string of the molecule is COc1ccc(C(=O)NNS(=O)(=O)c2cc(Cl)c(C)c([N+](=O)[O-])c2)cc1. The van der Waals surface area contributed by atoms with Crippen LogP contribution in [0.4, 0.5) is 5.69 Å². The third-order valence-corrected chi connectivity index (χ3v) is 5.07. The molecule has 1 amide bonds. The second-order valence-electron chi connectivity index (χ2n) is 5.09. The molecule has 2 aromatic carbocycles. The first-order chi connectivity index (χ1) is 12.2. The lowest BCUT2D eigenvalue weighted by atomic mass is 10.2. The van der Waals surface area contributed by atoms with Gasteiger partial charge in [0.1, 0.15) is 5.75 Å². The number of nitrogens with zero attached hydrogens (tertiary/aromatic N) is 1. The minimum atomic E-state index is -4.27. The molecule has 2 rings (SSSR count). The molecule has 0 unspecified atom stereocenters. The number of halogens is 1. The first-order valence-electron chi connectivity index (χ1n) is 7.06. The molecule has 0 saturated heterocycles. The molecular weight excluding hydrogens is 386 g/mol. The van der Waals surface area contributed by atoms with E-state index in [0.29, 0.717) is 5.75 Å². The summed E-state index contributed by atoms with van der Waals surface area (Å²) < 4.78 is 29.5. The molecule has 0 aliphatic carbocycles. The van der Waals surface area contributed by atoms with Crippen molar-refractivity contribution in [2.24, 2.45) is 0 Å². The Kier molecular flexibility index (Phi) is 5.80. The van der Waals surface area contributed by atoms with Gasteiger partial charge in [-0.2, -0.15) is 0 Å². The summed E-state index contributed by atoms with van der Waals surface area (Å²) in [7, 11) is -2.80. The minimum absolute atomic E-state index is 0.0824. The summed E-state index contributed by atoms with van der Waals surface area (Å²) in [4.78, 5) is 23.7. The fourth-order valence-electron chi connectivity index (χ4n) is 1.97. The number of benzene rings is 2. The molecule has 0 aliphatic heterocycles. The van der Waals surface area contributed by atoms with E-state index in [2.05, 4.69) is 0 Å². The Balaban J connectivity index is 2.20. The van der Waals surface area contributed by atoms with Crippen LogP contribution in [-0.2, 0) is 10.0 Å². The van der Waals surface area contributed by atoms with Crippen LogP contribution in [0.25, 0.3) is 0 Å². The predicted molar refractivity (Wildman–Crippen MR) is 93.6 cm³/mol. The van der Waals surface area contributed by atoms with Gasteiger partial charge >= 0.3 is 0 Å². The first kappa shape index (κ1) is 19.6. The second-order valence-corrected chi connectivity index (χ2v) is 7.18. The Hall–Kier alpha value is -2.69. The number of ether oxygens (including phenoxy) is 1. The van der Waals surface area contributed by atoms with Crippen LogP contribution in [0.2, 0.25) is 5.02 Å². The highest BCUT2D eigenvalue weighted by molar-refractivity contribution is 7.89. The fraction of sp³-hybridized carbons (Fsp3) is 0.133. The van der Waals surface area contributed by atoms with Gasteiger partial charge in [0, 0.05) is 17.2 Å². The number of sulfonamides is 1. The smallest absolute Gasteiger partial charge is 0.275 e. The largest absolute Gasteiger partial charge is 0.497 e. The van der Waals surface area contributed by atoms with Gasteiger partial charge in [0.25, 0.3) is 21.6 Å². The molecule has 2 aromatic rings. The molecular formula is C15H14ClN3O6S. The molecule has 0 fully saturated rings. The Morgan fingerprint density at radius 3 is 2.38 bits per heavy atom. The molecule has 0 aromatic heterocycles. The van der Waals surface area contributed by atoms with Crippen LogP contribution < -0.4 is 15.0 Å². The van der Waals surface area contributed by atoms with E-state index in [1.54, 1.807) is 0 Å². The number of carbonyl (C=O) groups is 1. The maximum atomic E-state index is 12.3. The van der Waals surface area contributed by atoms with E-state index in [4.69, 9.17) is 16.3 Å². The number of carbonyl (C=O) groups excluding carboxylic acids is 1. The summed E-state index contributed by atoms with van der Waals surface area (Å²) in [5, 5.41) is 10.9. The average Bonchev–Trinajstić information content (AvgIpc) is 2.61. The number of hydrogen-bond acceptors (Lipinski definition) is 6. The van der Waals surface area contributed by atoms with E-state index >= 15 is 0 Å². The fourth-order valence-corrected chi connectivity index (χ4v) is 3.14. The van der Waals surface area contributed by atoms with Gasteiger partial charge in [-0.1, -0.05) is 11.6 Å². The van der Waals surface area contributed by atoms with Crippen molar-refractivity contribution in [3.05, 3.63) is 62.7 Å². The molecule has 26 heavy (non-hydrogen) atoms. The van der Waals surface area contributed by atoms with E-state index in [-0.39, 0.29) is 16.1 Å². The van der Waals surface area contributed by atoms with Crippen molar-refractivity contribution in [1.82, 2.24) is 10.3 Å². The van der Waals surface area contributed by atoms with Gasteiger partial charge < -0.3 is 4.74 Å². The van der Waals surface area contributed by atoms with Gasteiger partial charge in [-0.05, 0) is 37.3 Å². The third kappa shape index (κ3) is 4.28. The zero-order valence-electron chi connectivity index (χ0n) is 13.6. The Morgan fingerprint density at radius 2 is 1.85 bits per heavy atom. The van der Waals surface area contributed by atoms with Crippen molar-refractivity contribution in [2.75, 3.05) is 7.11 Å². The molecule has 2 N–H and O–H groups in total. The first-order valence-corrected chi connectivity index (χ1v) is 8.92. The topological polar surface area (TPSA) is 128 Å². The lowest BCUT2D eigenvalue weighted by Gasteiger charge is -2.10. The van der Waals surface area contributed by atoms with Crippen LogP contribution in [-0.4, -0.2) is 26.4 Å². The van der Waals surface area contributed by atoms with Gasteiger partial charge in [0.2, 0.25) is 0 Å². The Bertz CT molecular complexity index is 960. The number of nitrogens with one attached hydrogen (secondary N) is 2. The highest BCUT2D eigenvalue weighted by Crippen LogP contribution is 2.29. The molecule has 0 bridgehead atoms. The lowest BCUT2D eigenvalue weighted by Crippen LogP contribution is -2.41. The standard InChI is InChI=1S/C15H14ClN3O6S/c1-9-13(16)7-12(8-14(9)19(21)22)26(23,24)18-17-15(20)10-3-5-11(25-2)6-4-10/h3-8,18H,1-2H3,(H,17,20). The van der Waals surface area contributed by atoms with Gasteiger partial charge in [-0.3, -0.25) is 20.3 Å². The Labute approximate surface area is 154 Å². The van der Waals surface area contributed by atoms with Crippen LogP contribution in [0.1, 0.15) is 15.9 Å². The summed E-state index contributed by atoms with van der Waals surface area (Å²) in [5.41, 5.74) is 1.90. The van der Waals surface area contributed by atoms with E-state index < -0.39 is 31.4 Å². The molecule has 11 heteroatoms. The van der Waals surface area contributed by atoms with Crippen molar-refractivity contribution in [3.8, 4) is 5.75 Å². The number of nitro groups is 1. The quantitative estimate of drug-likeness (QED) is 0.566. The summed E-state index contributed by atoms with van der Waals surface area (Å²) in [5.74, 6) is -0.187. The van der Waals surface area contributed by atoms with Crippen molar-refractivity contribution in [1.29, 1.82) is 0 Å². The second kappa shape index (κ2) is 7.68. The van der Waals surface area contributed by atoms with E-state index in [0.717, 1.165) is 12.1 Å². The van der Waals surface area contributed by atoms with Crippen LogP contribution in [0.3, 0.4) is 0 Å². The van der Waals surface area contributed by atoms with Crippen molar-refractivity contribution >= 4 is 33.2 Å². The van der Waals surface area contributed by atoms with Crippen LogP contribution in [0.5, 0.6) is 5.75 Å². The van der Waals surface area contributed by atoms with Gasteiger partial charge in [-0.25, -0.2) is 8.42 Å². The highest BCUT2D eigenvalue weighted by atomic mass is 35.5. The molecule has 0 heterocycles. The maximum absolute atomic E-state index is 12.3. The number of rotatable bonds is 6. The lowest BCUT2D eigenvalue weighted by molar-refractivity contribution is -0.385. The van der Waals surface area contributed by atoms with E-state index in [1.807, 2.05) is 10.3 Å². The Morgan fingerprint density at radius 1 is 1.23 bits per heavy atom. The number of hydrazine groups is 1. The molecule has 138 valence electrons. The molecule has 0 saturated carbocycles. The van der Waals surface area contributed by atoms with E-state index in [9.17, 15) is 23.3 Å². The number of methoxy groups -OCH3 is 1. The molecule has 9 nitrogen and oxygen atoms in total. The van der Waals surface area contributed by atoms with Crippen molar-refractivity contribution in [3.63, 3.8) is 0 Å². The normalized spacial score (nSPS) is 11.0. The monoisotopic (exact) mass is 399 g/mol. The number of nitro benzene ring substituents is 1. The summed E-state index contributed by atoms with van der Waals surface area (Å²) in [6, 6.07) is 7.87. The zero-order chi connectivity index (χ0) is 19.5. The maximum Gasteiger partial charge on any atom is 0.275 e. The zero-order valence-corrected chi connectivity index (χ0v) is 15.2. The van der Waals surface area contributed by atoms with Gasteiger partial charge in [0.15, 0.2) is 0 Å². The highest BCUT2D eigenvalue weighted by Gasteiger charge is 2.23. The molecule has 0 aliphatic rings. The van der Waals surface area contributed by atoms with Crippen LogP contribution in [0.15, 0.2) is 41.3 Å². The van der Waals surface area contributed by atoms with Crippen LogP contribution >= 0.6 is 11.6 Å². The van der Waals surface area contributed by atoms with Crippen LogP contribution in [0, 0.1) is 17.0 Å². The summed E-state index contributed by atoms with van der Waals surface area (Å²) in [6.45, 7) is 1.40. The molecule has 0 atom stereocenters. The van der Waals surface area contributed by atoms with E-state index in [1.165, 1.54) is 38.3 Å². The molecule has 0 spiro atoms.